The van der Waals surface area contributed by atoms with Crippen molar-refractivity contribution in [2.24, 2.45) is 0 Å². The lowest BCUT2D eigenvalue weighted by Gasteiger charge is -2.14. The van der Waals surface area contributed by atoms with Crippen LogP contribution in [0.4, 0.5) is 0 Å². The summed E-state index contributed by atoms with van der Waals surface area (Å²) < 4.78 is 1.80. The summed E-state index contributed by atoms with van der Waals surface area (Å²) in [7, 11) is 4.08. The van der Waals surface area contributed by atoms with Crippen LogP contribution in [0.15, 0.2) is 41.2 Å². The summed E-state index contributed by atoms with van der Waals surface area (Å²) in [5.74, 6) is 0.726. The Bertz CT molecular complexity index is 862. The van der Waals surface area contributed by atoms with Crippen LogP contribution in [-0.4, -0.2) is 40.1 Å². The van der Waals surface area contributed by atoms with E-state index in [-0.39, 0.29) is 5.56 Å². The van der Waals surface area contributed by atoms with Crippen molar-refractivity contribution in [3.63, 3.8) is 0 Å². The topological polar surface area (TPSA) is 53.9 Å². The average Bonchev–Trinajstić information content (AvgIpc) is 2.91. The van der Waals surface area contributed by atoms with E-state index in [0.29, 0.717) is 17.6 Å². The summed E-state index contributed by atoms with van der Waals surface area (Å²) in [5.41, 5.74) is 2.60. The molecule has 0 spiro atoms. The summed E-state index contributed by atoms with van der Waals surface area (Å²) in [4.78, 5) is 22.9. The zero-order chi connectivity index (χ0) is 16.4. The lowest BCUT2D eigenvalue weighted by Crippen LogP contribution is -2.25. The van der Waals surface area contributed by atoms with Crippen molar-refractivity contribution < 1.29 is 0 Å². The molecule has 5 heteroatoms. The van der Waals surface area contributed by atoms with Crippen molar-refractivity contribution in [1.82, 2.24) is 19.4 Å². The number of H-pyrrole nitrogens is 1. The van der Waals surface area contributed by atoms with E-state index in [1.807, 2.05) is 57.4 Å². The number of nitrogens with zero attached hydrogens (tertiary/aromatic N) is 3. The molecule has 0 bridgehead atoms. The molecule has 0 saturated heterocycles. The van der Waals surface area contributed by atoms with Gasteiger partial charge in [0, 0.05) is 17.8 Å². The van der Waals surface area contributed by atoms with E-state index in [2.05, 4.69) is 9.88 Å². The molecule has 0 radical (unpaired) electrons. The van der Waals surface area contributed by atoms with E-state index in [1.165, 1.54) is 0 Å². The van der Waals surface area contributed by atoms with Gasteiger partial charge in [0.1, 0.15) is 11.5 Å². The fourth-order valence-electron chi connectivity index (χ4n) is 2.79. The van der Waals surface area contributed by atoms with Crippen LogP contribution >= 0.6 is 0 Å². The van der Waals surface area contributed by atoms with Gasteiger partial charge in [-0.15, -0.1) is 0 Å². The van der Waals surface area contributed by atoms with Gasteiger partial charge in [0.05, 0.1) is 5.39 Å². The molecule has 0 aliphatic heterocycles. The molecule has 1 N–H and O–H groups in total. The highest BCUT2D eigenvalue weighted by molar-refractivity contribution is 5.77. The van der Waals surface area contributed by atoms with Crippen LogP contribution in [0.3, 0.4) is 0 Å². The standard InChI is InChI=1S/C18H22N4O/c1-13-12-15-16(19-13)20-17(14-8-5-4-6-9-14)22(18(15)23)11-7-10-21(2)3/h4-6,8-9,12,19H,7,10-11H2,1-3H3. The molecule has 5 nitrogen and oxygen atoms in total. The van der Waals surface area contributed by atoms with Gasteiger partial charge in [-0.25, -0.2) is 4.98 Å². The number of hydrogen-bond acceptors (Lipinski definition) is 3. The van der Waals surface area contributed by atoms with E-state index < -0.39 is 0 Å². The van der Waals surface area contributed by atoms with Crippen molar-refractivity contribution in [2.75, 3.05) is 20.6 Å². The van der Waals surface area contributed by atoms with E-state index in [0.717, 1.165) is 30.0 Å². The zero-order valence-electron chi connectivity index (χ0n) is 13.8. The highest BCUT2D eigenvalue weighted by Crippen LogP contribution is 2.19. The average molecular weight is 310 g/mol. The van der Waals surface area contributed by atoms with Gasteiger partial charge in [0.25, 0.3) is 5.56 Å². The quantitative estimate of drug-likeness (QED) is 0.788. The minimum absolute atomic E-state index is 0.0250. The van der Waals surface area contributed by atoms with E-state index >= 15 is 0 Å². The molecule has 0 amide bonds. The van der Waals surface area contributed by atoms with Crippen LogP contribution in [0, 0.1) is 6.92 Å². The Balaban J connectivity index is 2.13. The minimum atomic E-state index is 0.0250. The molecular formula is C18H22N4O. The predicted octanol–water partition coefficient (Wildman–Crippen LogP) is 2.65. The Labute approximate surface area is 135 Å². The fraction of sp³-hybridized carbons (Fsp3) is 0.333. The van der Waals surface area contributed by atoms with Gasteiger partial charge in [0.2, 0.25) is 0 Å². The summed E-state index contributed by atoms with van der Waals surface area (Å²) in [6.45, 7) is 3.54. The lowest BCUT2D eigenvalue weighted by molar-refractivity contribution is 0.385. The third kappa shape index (κ3) is 3.19. The van der Waals surface area contributed by atoms with Crippen LogP contribution in [0.1, 0.15) is 12.1 Å². The molecule has 1 aromatic carbocycles. The molecule has 0 saturated carbocycles. The van der Waals surface area contributed by atoms with E-state index in [9.17, 15) is 4.79 Å². The van der Waals surface area contributed by atoms with Gasteiger partial charge >= 0.3 is 0 Å². The number of benzene rings is 1. The number of fused-ring (bicyclic) bond motifs is 1. The van der Waals surface area contributed by atoms with Gasteiger partial charge in [-0.05, 0) is 40.1 Å². The van der Waals surface area contributed by atoms with Gasteiger partial charge in [-0.2, -0.15) is 0 Å². The maximum atomic E-state index is 12.9. The molecule has 120 valence electrons. The van der Waals surface area contributed by atoms with Gasteiger partial charge in [0.15, 0.2) is 0 Å². The normalized spacial score (nSPS) is 11.5. The third-order valence-electron chi connectivity index (χ3n) is 3.90. The first-order valence-corrected chi connectivity index (χ1v) is 7.86. The smallest absolute Gasteiger partial charge is 0.263 e. The first-order chi connectivity index (χ1) is 11.1. The van der Waals surface area contributed by atoms with Crippen LogP contribution in [0.5, 0.6) is 0 Å². The number of nitrogens with one attached hydrogen (secondary N) is 1. The third-order valence-corrected chi connectivity index (χ3v) is 3.90. The molecule has 0 atom stereocenters. The molecule has 3 aromatic rings. The largest absolute Gasteiger partial charge is 0.343 e. The Kier molecular flexibility index (Phi) is 4.30. The van der Waals surface area contributed by atoms with Crippen LogP contribution in [0.25, 0.3) is 22.4 Å². The van der Waals surface area contributed by atoms with Crippen molar-refractivity contribution in [3.8, 4) is 11.4 Å². The molecular weight excluding hydrogens is 288 g/mol. The van der Waals surface area contributed by atoms with Crippen LogP contribution < -0.4 is 5.56 Å². The Morgan fingerprint density at radius 2 is 1.96 bits per heavy atom. The van der Waals surface area contributed by atoms with Gasteiger partial charge in [-0.3, -0.25) is 9.36 Å². The SMILES string of the molecule is Cc1cc2c(=O)n(CCCN(C)C)c(-c3ccccc3)nc2[nH]1. The second kappa shape index (κ2) is 6.38. The molecule has 0 aliphatic carbocycles. The van der Waals surface area contributed by atoms with Gasteiger partial charge < -0.3 is 9.88 Å². The summed E-state index contributed by atoms with van der Waals surface area (Å²) in [6, 6.07) is 11.8. The number of aromatic nitrogens is 3. The monoisotopic (exact) mass is 310 g/mol. The van der Waals surface area contributed by atoms with Crippen LogP contribution in [0.2, 0.25) is 0 Å². The maximum Gasteiger partial charge on any atom is 0.263 e. The van der Waals surface area contributed by atoms with Gasteiger partial charge in [-0.1, -0.05) is 30.3 Å². The van der Waals surface area contributed by atoms with Crippen molar-refractivity contribution in [3.05, 3.63) is 52.4 Å². The second-order valence-corrected chi connectivity index (χ2v) is 6.13. The van der Waals surface area contributed by atoms with Crippen LogP contribution in [-0.2, 0) is 6.54 Å². The summed E-state index contributed by atoms with van der Waals surface area (Å²) in [5, 5.41) is 0.659. The van der Waals surface area contributed by atoms with E-state index in [1.54, 1.807) is 4.57 Å². The first-order valence-electron chi connectivity index (χ1n) is 7.86. The Morgan fingerprint density at radius 3 is 2.65 bits per heavy atom. The fourth-order valence-corrected chi connectivity index (χ4v) is 2.79. The number of rotatable bonds is 5. The van der Waals surface area contributed by atoms with E-state index in [4.69, 9.17) is 4.98 Å². The highest BCUT2D eigenvalue weighted by atomic mass is 16.1. The zero-order valence-corrected chi connectivity index (χ0v) is 13.8. The molecule has 0 aliphatic rings. The van der Waals surface area contributed by atoms with Crippen molar-refractivity contribution in [2.45, 2.75) is 19.9 Å². The molecule has 23 heavy (non-hydrogen) atoms. The number of hydrogen-bond donors (Lipinski definition) is 1. The molecule has 2 heterocycles. The summed E-state index contributed by atoms with van der Waals surface area (Å²) >= 11 is 0. The number of aryl methyl sites for hydroxylation is 1. The predicted molar refractivity (Wildman–Crippen MR) is 93.7 cm³/mol. The summed E-state index contributed by atoms with van der Waals surface area (Å²) in [6.07, 6.45) is 0.906. The molecule has 0 fully saturated rings. The lowest BCUT2D eigenvalue weighted by atomic mass is 10.2. The Hall–Kier alpha value is -2.40. The second-order valence-electron chi connectivity index (χ2n) is 6.13. The Morgan fingerprint density at radius 1 is 1.22 bits per heavy atom. The molecule has 0 unspecified atom stereocenters. The minimum Gasteiger partial charge on any atom is -0.343 e. The maximum absolute atomic E-state index is 12.9. The van der Waals surface area contributed by atoms with Crippen molar-refractivity contribution >= 4 is 11.0 Å². The molecule has 2 aromatic heterocycles. The van der Waals surface area contributed by atoms with Crippen molar-refractivity contribution in [1.29, 1.82) is 0 Å². The highest BCUT2D eigenvalue weighted by Gasteiger charge is 2.14. The first kappa shape index (κ1) is 15.5. The number of aromatic amines is 1. The molecule has 3 rings (SSSR count).